The van der Waals surface area contributed by atoms with Gasteiger partial charge in [-0.1, -0.05) is 30.4 Å². The quantitative estimate of drug-likeness (QED) is 0.654. The molecule has 0 fully saturated rings. The molecule has 0 aliphatic rings. The van der Waals surface area contributed by atoms with Gasteiger partial charge >= 0.3 is 0 Å². The molecule has 0 aliphatic carbocycles. The number of hydrogen-bond donors (Lipinski definition) is 1. The average Bonchev–Trinajstić information content (AvgIpc) is 2.35. The van der Waals surface area contributed by atoms with Gasteiger partial charge in [-0.2, -0.15) is 0 Å². The first-order valence-corrected chi connectivity index (χ1v) is 6.64. The summed E-state index contributed by atoms with van der Waals surface area (Å²) in [5, 5.41) is 0. The Morgan fingerprint density at radius 3 is 2.59 bits per heavy atom. The Morgan fingerprint density at radius 1 is 1.47 bits per heavy atom. The molecule has 1 rings (SSSR count). The summed E-state index contributed by atoms with van der Waals surface area (Å²) in [5.74, 6) is 0.423. The first kappa shape index (κ1) is 14.0. The highest BCUT2D eigenvalue weighted by Gasteiger charge is 2.17. The van der Waals surface area contributed by atoms with E-state index in [9.17, 15) is 4.79 Å². The molecule has 1 aromatic rings. The number of nitrogens with zero attached hydrogens (tertiary/aromatic N) is 1. The van der Waals surface area contributed by atoms with E-state index in [1.165, 1.54) is 11.8 Å². The Hall–Kier alpha value is -1.07. The van der Waals surface area contributed by atoms with Gasteiger partial charge < -0.3 is 10.6 Å². The molecule has 3 nitrogen and oxygen atoms in total. The van der Waals surface area contributed by atoms with E-state index in [2.05, 4.69) is 0 Å². The predicted molar refractivity (Wildman–Crippen MR) is 76.2 cm³/mol. The molecule has 0 saturated heterocycles. The van der Waals surface area contributed by atoms with Crippen LogP contribution in [0.15, 0.2) is 35.2 Å². The number of hydrogen-bond acceptors (Lipinski definition) is 3. The average molecular weight is 268 g/mol. The second kappa shape index (κ2) is 6.61. The third-order valence-corrected chi connectivity index (χ3v) is 3.83. The van der Waals surface area contributed by atoms with Crippen molar-refractivity contribution >= 4 is 34.9 Å². The summed E-state index contributed by atoms with van der Waals surface area (Å²) >= 11 is 6.38. The lowest BCUT2D eigenvalue weighted by molar-refractivity contribution is -0.127. The molecule has 0 radical (unpaired) electrons. The molecular weight excluding hydrogens is 252 g/mol. The number of carbonyl (C=O) groups excluding carboxylic acids is 1. The molecule has 0 bridgehead atoms. The van der Waals surface area contributed by atoms with Crippen molar-refractivity contribution in [3.63, 3.8) is 0 Å². The third-order valence-electron chi connectivity index (χ3n) is 2.49. The number of nitrogens with two attached hydrogens (primary N) is 1. The molecule has 0 saturated carbocycles. The second-order valence-electron chi connectivity index (χ2n) is 3.68. The van der Waals surface area contributed by atoms with Crippen LogP contribution in [0.4, 0.5) is 0 Å². The van der Waals surface area contributed by atoms with Crippen molar-refractivity contribution in [3.8, 4) is 0 Å². The van der Waals surface area contributed by atoms with Crippen molar-refractivity contribution in [2.45, 2.75) is 17.9 Å². The highest BCUT2D eigenvalue weighted by Crippen LogP contribution is 2.17. The standard InChI is InChI=1S/C12H16N2OS2/c1-9(12(13)16)14(2)11(15)8-17-10-6-4-3-5-7-10/h3-7,9H,8H2,1-2H3,(H2,13,16). The fraction of sp³-hybridized carbons (Fsp3) is 0.333. The SMILES string of the molecule is CC(C(N)=S)N(C)C(=O)CSc1ccccc1. The summed E-state index contributed by atoms with van der Waals surface area (Å²) in [6, 6.07) is 9.62. The van der Waals surface area contributed by atoms with Gasteiger partial charge in [0.25, 0.3) is 0 Å². The van der Waals surface area contributed by atoms with E-state index < -0.39 is 0 Å². The molecule has 1 amide bonds. The number of benzene rings is 1. The van der Waals surface area contributed by atoms with Crippen LogP contribution < -0.4 is 5.73 Å². The van der Waals surface area contributed by atoms with Gasteiger partial charge in [0.15, 0.2) is 0 Å². The van der Waals surface area contributed by atoms with Crippen molar-refractivity contribution in [3.05, 3.63) is 30.3 Å². The summed E-state index contributed by atoms with van der Waals surface area (Å²) < 4.78 is 0. The second-order valence-corrected chi connectivity index (χ2v) is 5.20. The smallest absolute Gasteiger partial charge is 0.233 e. The summed E-state index contributed by atoms with van der Waals surface area (Å²) in [4.78, 5) is 14.9. The Morgan fingerprint density at radius 2 is 2.06 bits per heavy atom. The van der Waals surface area contributed by atoms with Crippen LogP contribution in [-0.4, -0.2) is 34.6 Å². The number of thiocarbonyl (C=S) groups is 1. The van der Waals surface area contributed by atoms with Crippen LogP contribution in [0.2, 0.25) is 0 Å². The van der Waals surface area contributed by atoms with Crippen LogP contribution in [-0.2, 0) is 4.79 Å². The lowest BCUT2D eigenvalue weighted by atomic mass is 10.3. The summed E-state index contributed by atoms with van der Waals surface area (Å²) in [5.41, 5.74) is 5.51. The van der Waals surface area contributed by atoms with Gasteiger partial charge in [-0.25, -0.2) is 0 Å². The van der Waals surface area contributed by atoms with E-state index >= 15 is 0 Å². The van der Waals surface area contributed by atoms with Crippen LogP contribution in [0.1, 0.15) is 6.92 Å². The molecular formula is C12H16N2OS2. The number of thioether (sulfide) groups is 1. The molecule has 5 heteroatoms. The van der Waals surface area contributed by atoms with Crippen molar-refractivity contribution in [1.29, 1.82) is 0 Å². The van der Waals surface area contributed by atoms with Gasteiger partial charge in [-0.3, -0.25) is 4.79 Å². The Balaban J connectivity index is 2.47. The number of carbonyl (C=O) groups is 1. The van der Waals surface area contributed by atoms with Crippen molar-refractivity contribution in [2.75, 3.05) is 12.8 Å². The fourth-order valence-corrected chi connectivity index (χ4v) is 2.17. The summed E-state index contributed by atoms with van der Waals surface area (Å²) in [6.45, 7) is 1.83. The minimum atomic E-state index is -0.200. The number of rotatable bonds is 5. The molecule has 2 N–H and O–H groups in total. The van der Waals surface area contributed by atoms with Crippen LogP contribution in [0.25, 0.3) is 0 Å². The lowest BCUT2D eigenvalue weighted by Gasteiger charge is -2.23. The maximum absolute atomic E-state index is 11.9. The largest absolute Gasteiger partial charge is 0.392 e. The van der Waals surface area contributed by atoms with Crippen molar-refractivity contribution < 1.29 is 4.79 Å². The number of likely N-dealkylation sites (N-methyl/N-ethyl adjacent to an activating group) is 1. The molecule has 92 valence electrons. The van der Waals surface area contributed by atoms with E-state index in [-0.39, 0.29) is 11.9 Å². The molecule has 17 heavy (non-hydrogen) atoms. The van der Waals surface area contributed by atoms with E-state index in [0.717, 1.165) is 4.90 Å². The van der Waals surface area contributed by atoms with Gasteiger partial charge in [-0.05, 0) is 19.1 Å². The van der Waals surface area contributed by atoms with Crippen molar-refractivity contribution in [1.82, 2.24) is 4.90 Å². The molecule has 0 aromatic heterocycles. The maximum Gasteiger partial charge on any atom is 0.233 e. The molecule has 0 aliphatic heterocycles. The molecule has 1 atom stereocenters. The molecule has 0 spiro atoms. The van der Waals surface area contributed by atoms with Crippen LogP contribution in [0, 0.1) is 0 Å². The van der Waals surface area contributed by atoms with Gasteiger partial charge in [0, 0.05) is 11.9 Å². The van der Waals surface area contributed by atoms with Crippen molar-refractivity contribution in [2.24, 2.45) is 5.73 Å². The van der Waals surface area contributed by atoms with Gasteiger partial charge in [0.05, 0.1) is 16.8 Å². The maximum atomic E-state index is 11.9. The van der Waals surface area contributed by atoms with E-state index in [1.807, 2.05) is 37.3 Å². The Bertz CT molecular complexity index is 395. The van der Waals surface area contributed by atoms with Crippen LogP contribution in [0.5, 0.6) is 0 Å². The fourth-order valence-electron chi connectivity index (χ4n) is 1.17. The summed E-state index contributed by atoms with van der Waals surface area (Å²) in [7, 11) is 1.72. The zero-order chi connectivity index (χ0) is 12.8. The monoisotopic (exact) mass is 268 g/mol. The first-order valence-electron chi connectivity index (χ1n) is 5.25. The molecule has 1 aromatic carbocycles. The zero-order valence-corrected chi connectivity index (χ0v) is 11.6. The highest BCUT2D eigenvalue weighted by molar-refractivity contribution is 8.00. The zero-order valence-electron chi connectivity index (χ0n) is 9.92. The number of amides is 1. The Labute approximate surface area is 111 Å². The summed E-state index contributed by atoms with van der Waals surface area (Å²) in [6.07, 6.45) is 0. The molecule has 1 unspecified atom stereocenters. The normalized spacial score (nSPS) is 11.9. The van der Waals surface area contributed by atoms with Gasteiger partial charge in [0.1, 0.15) is 0 Å². The van der Waals surface area contributed by atoms with Crippen LogP contribution in [0.3, 0.4) is 0 Å². The molecule has 0 heterocycles. The van der Waals surface area contributed by atoms with Crippen LogP contribution >= 0.6 is 24.0 Å². The first-order chi connectivity index (χ1) is 8.02. The van der Waals surface area contributed by atoms with E-state index in [4.69, 9.17) is 18.0 Å². The van der Waals surface area contributed by atoms with Gasteiger partial charge in [0.2, 0.25) is 5.91 Å². The third kappa shape index (κ3) is 4.36. The van der Waals surface area contributed by atoms with Gasteiger partial charge in [-0.15, -0.1) is 11.8 Å². The minimum absolute atomic E-state index is 0.0270. The topological polar surface area (TPSA) is 46.3 Å². The predicted octanol–water partition coefficient (Wildman–Crippen LogP) is 1.91. The minimum Gasteiger partial charge on any atom is -0.392 e. The Kier molecular flexibility index (Phi) is 5.44. The van der Waals surface area contributed by atoms with E-state index in [0.29, 0.717) is 10.7 Å². The van der Waals surface area contributed by atoms with E-state index in [1.54, 1.807) is 11.9 Å². The highest BCUT2D eigenvalue weighted by atomic mass is 32.2. The lowest BCUT2D eigenvalue weighted by Crippen LogP contribution is -2.43.